The molecule has 0 aromatic heterocycles. The Kier molecular flexibility index (Phi) is 2.53. The fraction of sp³-hybridized carbons (Fsp3) is 1.00. The number of aliphatic hydroxyl groups excluding tert-OH is 4. The number of nitrogens with zero attached hydrogens (tertiary/aromatic N) is 1. The van der Waals surface area contributed by atoms with Gasteiger partial charge in [0.05, 0.1) is 31.0 Å². The lowest BCUT2D eigenvalue weighted by Crippen LogP contribution is -2.42. The molecule has 2 aliphatic heterocycles. The van der Waals surface area contributed by atoms with Gasteiger partial charge in [-0.05, 0) is 13.3 Å². The molecule has 0 aromatic rings. The van der Waals surface area contributed by atoms with Gasteiger partial charge in [-0.15, -0.1) is 0 Å². The van der Waals surface area contributed by atoms with Gasteiger partial charge in [0.2, 0.25) is 0 Å². The van der Waals surface area contributed by atoms with Crippen LogP contribution in [-0.4, -0.2) is 68.4 Å². The number of hydrogen-bond acceptors (Lipinski definition) is 5. The van der Waals surface area contributed by atoms with E-state index in [9.17, 15) is 15.3 Å². The van der Waals surface area contributed by atoms with E-state index in [1.807, 2.05) is 4.90 Å². The molecule has 0 aromatic carbocycles. The van der Waals surface area contributed by atoms with Crippen molar-refractivity contribution in [2.75, 3.05) is 6.61 Å². The first-order valence-electron chi connectivity index (χ1n) is 5.00. The van der Waals surface area contributed by atoms with Crippen LogP contribution in [0.1, 0.15) is 13.3 Å². The van der Waals surface area contributed by atoms with Crippen LogP contribution in [0.3, 0.4) is 0 Å². The van der Waals surface area contributed by atoms with Gasteiger partial charge in [0, 0.05) is 12.1 Å². The Morgan fingerprint density at radius 1 is 1.21 bits per heavy atom. The highest BCUT2D eigenvalue weighted by Gasteiger charge is 2.55. The Hall–Kier alpha value is -0.200. The fourth-order valence-electron chi connectivity index (χ4n) is 2.82. The summed E-state index contributed by atoms with van der Waals surface area (Å²) in [6, 6.07) is -0.766. The van der Waals surface area contributed by atoms with Gasteiger partial charge in [0.1, 0.15) is 0 Å². The second kappa shape index (κ2) is 3.43. The number of aliphatic hydroxyl groups is 4. The van der Waals surface area contributed by atoms with Crippen molar-refractivity contribution in [3.05, 3.63) is 0 Å². The molecule has 5 heteroatoms. The van der Waals surface area contributed by atoms with Crippen molar-refractivity contribution < 1.29 is 20.4 Å². The van der Waals surface area contributed by atoms with Gasteiger partial charge in [-0.2, -0.15) is 0 Å². The minimum atomic E-state index is -0.906. The van der Waals surface area contributed by atoms with E-state index in [0.29, 0.717) is 6.42 Å². The predicted molar refractivity (Wildman–Crippen MR) is 48.6 cm³/mol. The third-order valence-corrected chi connectivity index (χ3v) is 3.55. The highest BCUT2D eigenvalue weighted by atomic mass is 16.3. The van der Waals surface area contributed by atoms with Gasteiger partial charge in [-0.3, -0.25) is 4.90 Å². The summed E-state index contributed by atoms with van der Waals surface area (Å²) in [4.78, 5) is 1.83. The third-order valence-electron chi connectivity index (χ3n) is 3.55. The topological polar surface area (TPSA) is 84.2 Å². The molecule has 2 fully saturated rings. The zero-order valence-corrected chi connectivity index (χ0v) is 8.11. The van der Waals surface area contributed by atoms with Crippen molar-refractivity contribution in [2.45, 2.75) is 49.8 Å². The Bertz CT molecular complexity index is 223. The molecule has 14 heavy (non-hydrogen) atoms. The maximum atomic E-state index is 9.69. The third kappa shape index (κ3) is 1.20. The van der Waals surface area contributed by atoms with E-state index < -0.39 is 24.4 Å². The normalized spacial score (nSPS) is 53.8. The average molecular weight is 203 g/mol. The van der Waals surface area contributed by atoms with E-state index in [-0.39, 0.29) is 18.7 Å². The van der Waals surface area contributed by atoms with Crippen LogP contribution < -0.4 is 0 Å². The second-order valence-electron chi connectivity index (χ2n) is 4.30. The van der Waals surface area contributed by atoms with Crippen molar-refractivity contribution in [1.29, 1.82) is 0 Å². The minimum absolute atomic E-state index is 0.0443. The lowest BCUT2D eigenvalue weighted by molar-refractivity contribution is 0.00428. The smallest absolute Gasteiger partial charge is 0.0994 e. The van der Waals surface area contributed by atoms with Crippen molar-refractivity contribution in [2.24, 2.45) is 0 Å². The molecule has 2 aliphatic rings. The maximum absolute atomic E-state index is 9.69. The van der Waals surface area contributed by atoms with Gasteiger partial charge in [-0.1, -0.05) is 0 Å². The summed E-state index contributed by atoms with van der Waals surface area (Å²) in [5.41, 5.74) is 0. The molecule has 0 spiro atoms. The molecule has 2 heterocycles. The van der Waals surface area contributed by atoms with Crippen molar-refractivity contribution in [3.63, 3.8) is 0 Å². The first-order chi connectivity index (χ1) is 6.57. The summed E-state index contributed by atoms with van der Waals surface area (Å²) < 4.78 is 0. The highest BCUT2D eigenvalue weighted by Crippen LogP contribution is 2.37. The van der Waals surface area contributed by atoms with E-state index in [1.165, 1.54) is 0 Å². The first kappa shape index (κ1) is 10.3. The summed E-state index contributed by atoms with van der Waals surface area (Å²) in [7, 11) is 0. The largest absolute Gasteiger partial charge is 0.395 e. The Labute approximate surface area is 82.6 Å². The Morgan fingerprint density at radius 2 is 1.86 bits per heavy atom. The van der Waals surface area contributed by atoms with E-state index in [4.69, 9.17) is 5.11 Å². The predicted octanol–water partition coefficient (Wildman–Crippen LogP) is -2.09. The van der Waals surface area contributed by atoms with Gasteiger partial charge < -0.3 is 20.4 Å². The molecule has 6 atom stereocenters. The first-order valence-corrected chi connectivity index (χ1v) is 5.00. The number of hydrogen-bond donors (Lipinski definition) is 4. The fourth-order valence-corrected chi connectivity index (χ4v) is 2.82. The van der Waals surface area contributed by atoms with Crippen LogP contribution in [0.5, 0.6) is 0 Å². The summed E-state index contributed by atoms with van der Waals surface area (Å²) in [5.74, 6) is 0. The monoisotopic (exact) mass is 203 g/mol. The highest BCUT2D eigenvalue weighted by molar-refractivity contribution is 5.09. The molecule has 82 valence electrons. The summed E-state index contributed by atoms with van der Waals surface area (Å²) in [5, 5.41) is 38.1. The van der Waals surface area contributed by atoms with E-state index in [0.717, 1.165) is 0 Å². The Balaban J connectivity index is 2.23. The quantitative estimate of drug-likeness (QED) is 0.392. The van der Waals surface area contributed by atoms with Crippen LogP contribution >= 0.6 is 0 Å². The second-order valence-corrected chi connectivity index (χ2v) is 4.30. The summed E-state index contributed by atoms with van der Waals surface area (Å²) >= 11 is 0. The lowest BCUT2D eigenvalue weighted by Gasteiger charge is -2.27. The summed E-state index contributed by atoms with van der Waals surface area (Å²) in [6.07, 6.45) is -1.92. The van der Waals surface area contributed by atoms with E-state index >= 15 is 0 Å². The summed E-state index contributed by atoms with van der Waals surface area (Å²) in [6.45, 7) is 1.76. The van der Waals surface area contributed by atoms with E-state index in [2.05, 4.69) is 0 Å². The molecule has 0 aliphatic carbocycles. The SMILES string of the molecule is C[C@H]1[C@H](O)[C@@H](O)[C@@H]2[C@@H](O)C[C@@H](CO)N21. The van der Waals surface area contributed by atoms with Crippen molar-refractivity contribution in [1.82, 2.24) is 4.90 Å². The Morgan fingerprint density at radius 3 is 2.43 bits per heavy atom. The van der Waals surface area contributed by atoms with Crippen LogP contribution in [0.15, 0.2) is 0 Å². The molecular weight excluding hydrogens is 186 g/mol. The van der Waals surface area contributed by atoms with Crippen LogP contribution in [0.4, 0.5) is 0 Å². The van der Waals surface area contributed by atoms with Crippen molar-refractivity contribution >= 4 is 0 Å². The van der Waals surface area contributed by atoms with Crippen LogP contribution in [-0.2, 0) is 0 Å². The zero-order chi connectivity index (χ0) is 10.5. The molecule has 0 saturated carbocycles. The molecule has 0 amide bonds. The molecule has 0 radical (unpaired) electrons. The maximum Gasteiger partial charge on any atom is 0.0994 e. The van der Waals surface area contributed by atoms with Gasteiger partial charge in [0.15, 0.2) is 0 Å². The van der Waals surface area contributed by atoms with Crippen molar-refractivity contribution in [3.8, 4) is 0 Å². The minimum Gasteiger partial charge on any atom is -0.395 e. The lowest BCUT2D eigenvalue weighted by atomic mass is 10.0. The number of rotatable bonds is 1. The van der Waals surface area contributed by atoms with Gasteiger partial charge >= 0.3 is 0 Å². The molecule has 2 saturated heterocycles. The molecule has 4 N–H and O–H groups in total. The van der Waals surface area contributed by atoms with Gasteiger partial charge in [0.25, 0.3) is 0 Å². The molecule has 2 rings (SSSR count). The molecular formula is C9H17NO4. The zero-order valence-electron chi connectivity index (χ0n) is 8.11. The van der Waals surface area contributed by atoms with Crippen LogP contribution in [0.25, 0.3) is 0 Å². The number of fused-ring (bicyclic) bond motifs is 1. The molecule has 0 unspecified atom stereocenters. The van der Waals surface area contributed by atoms with E-state index in [1.54, 1.807) is 6.92 Å². The molecule has 5 nitrogen and oxygen atoms in total. The van der Waals surface area contributed by atoms with Crippen LogP contribution in [0.2, 0.25) is 0 Å². The molecule has 0 bridgehead atoms. The van der Waals surface area contributed by atoms with Crippen LogP contribution in [0, 0.1) is 0 Å². The standard InChI is InChI=1S/C9H17NO4/c1-4-8(13)9(14)7-6(12)2-5(3-11)10(4)7/h4-9,11-14H,2-3H2,1H3/t4-,5-,6-,7-,8-,9-/m0/s1. The van der Waals surface area contributed by atoms with Gasteiger partial charge in [-0.25, -0.2) is 0 Å². The average Bonchev–Trinajstić information content (AvgIpc) is 2.60.